The number of fused-ring (bicyclic) bond motifs is 2. The van der Waals surface area contributed by atoms with E-state index in [4.69, 9.17) is 4.42 Å². The summed E-state index contributed by atoms with van der Waals surface area (Å²) in [6.07, 6.45) is -2.16. The molecule has 2 aliphatic rings. The Hall–Kier alpha value is -3.28. The van der Waals surface area contributed by atoms with Gasteiger partial charge in [0.05, 0.1) is 17.3 Å². The molecule has 12 heteroatoms. The topological polar surface area (TPSA) is 99.1 Å². The Labute approximate surface area is 201 Å². The zero-order chi connectivity index (χ0) is 24.4. The van der Waals surface area contributed by atoms with Gasteiger partial charge < -0.3 is 20.0 Å². The third-order valence-electron chi connectivity index (χ3n) is 6.87. The second-order valence-corrected chi connectivity index (χ2v) is 10.6. The first kappa shape index (κ1) is 22.2. The van der Waals surface area contributed by atoms with E-state index in [-0.39, 0.29) is 10.3 Å². The van der Waals surface area contributed by atoms with Crippen LogP contribution in [0.15, 0.2) is 33.5 Å². The quantitative estimate of drug-likeness (QED) is 0.361. The molecule has 1 spiro atoms. The minimum absolute atomic E-state index is 0.146. The monoisotopic (exact) mass is 504 g/mol. The summed E-state index contributed by atoms with van der Waals surface area (Å²) in [5.41, 5.74) is 2.27. The highest BCUT2D eigenvalue weighted by atomic mass is 32.1. The van der Waals surface area contributed by atoms with Crippen molar-refractivity contribution in [2.24, 2.45) is 5.41 Å². The van der Waals surface area contributed by atoms with Crippen LogP contribution in [0.3, 0.4) is 0 Å². The fraction of sp³-hybridized carbons (Fsp3) is 0.435. The van der Waals surface area contributed by atoms with Gasteiger partial charge in [-0.2, -0.15) is 18.2 Å². The summed E-state index contributed by atoms with van der Waals surface area (Å²) in [5.74, 6) is 0.635. The van der Waals surface area contributed by atoms with E-state index in [9.17, 15) is 18.0 Å². The summed E-state index contributed by atoms with van der Waals surface area (Å²) < 4.78 is 43.9. The predicted molar refractivity (Wildman–Crippen MR) is 129 cm³/mol. The van der Waals surface area contributed by atoms with Crippen LogP contribution in [0, 0.1) is 5.41 Å². The van der Waals surface area contributed by atoms with Crippen molar-refractivity contribution in [1.82, 2.24) is 15.0 Å². The highest BCUT2D eigenvalue weighted by Crippen LogP contribution is 2.49. The normalized spacial score (nSPS) is 19.5. The van der Waals surface area contributed by atoms with Crippen LogP contribution in [-0.4, -0.2) is 47.3 Å². The van der Waals surface area contributed by atoms with E-state index in [1.807, 2.05) is 12.1 Å². The number of oxazole rings is 1. The third kappa shape index (κ3) is 4.19. The highest BCUT2D eigenvalue weighted by Gasteiger charge is 2.49. The van der Waals surface area contributed by atoms with Crippen molar-refractivity contribution in [3.63, 3.8) is 0 Å². The van der Waals surface area contributed by atoms with Gasteiger partial charge in [-0.25, -0.2) is 9.78 Å². The fourth-order valence-electron chi connectivity index (χ4n) is 5.40. The van der Waals surface area contributed by atoms with Crippen LogP contribution in [0.25, 0.3) is 21.3 Å². The van der Waals surface area contributed by atoms with Gasteiger partial charge in [-0.1, -0.05) is 0 Å². The number of hydrogen-bond acceptors (Lipinski definition) is 8. The lowest BCUT2D eigenvalue weighted by atomic mass is 9.78. The van der Waals surface area contributed by atoms with Gasteiger partial charge in [0.1, 0.15) is 10.6 Å². The van der Waals surface area contributed by atoms with Gasteiger partial charge in [0, 0.05) is 42.2 Å². The molecule has 4 aromatic rings. The number of nitrogens with zero attached hydrogens (tertiary/aromatic N) is 3. The summed E-state index contributed by atoms with van der Waals surface area (Å²) in [6, 6.07) is 7.45. The van der Waals surface area contributed by atoms with Gasteiger partial charge in [-0.3, -0.25) is 4.98 Å². The molecule has 1 aromatic carbocycles. The standard InChI is InChI=1S/C23H23F3N6O2S/c1-27-20-30-18(15-7-14(9-23(24,25)26)35-19(15)31-20)32-10-22(11-32)5-4-13(8-22)28-12-2-3-17-16(6-12)29-21(33)34-17/h2-3,6-7,13,28H,4-5,8-11H2,1H3,(H,29,33)(H,27,30,31). The van der Waals surface area contributed by atoms with E-state index >= 15 is 0 Å². The first-order valence-electron chi connectivity index (χ1n) is 11.4. The third-order valence-corrected chi connectivity index (χ3v) is 7.90. The molecule has 35 heavy (non-hydrogen) atoms. The number of hydrogen-bond donors (Lipinski definition) is 3. The zero-order valence-electron chi connectivity index (χ0n) is 18.8. The highest BCUT2D eigenvalue weighted by molar-refractivity contribution is 7.18. The minimum Gasteiger partial charge on any atom is -0.408 e. The molecule has 8 nitrogen and oxygen atoms in total. The van der Waals surface area contributed by atoms with Gasteiger partial charge in [0.15, 0.2) is 5.58 Å². The smallest absolute Gasteiger partial charge is 0.408 e. The average molecular weight is 505 g/mol. The molecule has 1 saturated carbocycles. The Morgan fingerprint density at radius 2 is 2.11 bits per heavy atom. The van der Waals surface area contributed by atoms with Crippen LogP contribution in [0.2, 0.25) is 0 Å². The second kappa shape index (κ2) is 7.87. The minimum atomic E-state index is -4.26. The van der Waals surface area contributed by atoms with E-state index in [1.165, 1.54) is 0 Å². The molecule has 6 rings (SSSR count). The van der Waals surface area contributed by atoms with Gasteiger partial charge >= 0.3 is 11.9 Å². The number of aromatic amines is 1. The number of H-pyrrole nitrogens is 1. The number of rotatable bonds is 5. The fourth-order valence-corrected chi connectivity index (χ4v) is 6.46. The lowest BCUT2D eigenvalue weighted by Gasteiger charge is -2.49. The van der Waals surface area contributed by atoms with Crippen LogP contribution in [-0.2, 0) is 6.42 Å². The first-order valence-corrected chi connectivity index (χ1v) is 12.2. The van der Waals surface area contributed by atoms with E-state index in [1.54, 1.807) is 19.2 Å². The molecule has 0 amide bonds. The number of alkyl halides is 3. The molecule has 3 aromatic heterocycles. The van der Waals surface area contributed by atoms with Crippen molar-refractivity contribution >= 4 is 50.1 Å². The largest absolute Gasteiger partial charge is 0.417 e. The average Bonchev–Trinajstić information content (AvgIpc) is 3.46. The lowest BCUT2D eigenvalue weighted by Crippen LogP contribution is -2.56. The van der Waals surface area contributed by atoms with E-state index in [0.29, 0.717) is 39.1 Å². The zero-order valence-corrected chi connectivity index (χ0v) is 19.6. The molecule has 3 N–H and O–H groups in total. The van der Waals surface area contributed by atoms with E-state index in [2.05, 4.69) is 30.5 Å². The number of benzene rings is 1. The maximum absolute atomic E-state index is 12.9. The van der Waals surface area contributed by atoms with Gasteiger partial charge in [0.2, 0.25) is 5.95 Å². The molecule has 1 aliphatic carbocycles. The van der Waals surface area contributed by atoms with Gasteiger partial charge in [0.25, 0.3) is 0 Å². The SMILES string of the molecule is CNc1nc(N2CC3(CCC(Nc4ccc5oc(=O)[nH]c5c4)C3)C2)c2cc(CC(F)(F)F)sc2n1. The number of thiophene rings is 1. The molecule has 0 radical (unpaired) electrons. The Kier molecular flexibility index (Phi) is 4.99. The van der Waals surface area contributed by atoms with Crippen LogP contribution < -0.4 is 21.3 Å². The van der Waals surface area contributed by atoms with Crippen LogP contribution in [0.5, 0.6) is 0 Å². The summed E-state index contributed by atoms with van der Waals surface area (Å²) in [7, 11) is 1.70. The van der Waals surface area contributed by atoms with Crippen molar-refractivity contribution < 1.29 is 17.6 Å². The Morgan fingerprint density at radius 3 is 2.89 bits per heavy atom. The molecule has 1 aliphatic heterocycles. The maximum Gasteiger partial charge on any atom is 0.417 e. The van der Waals surface area contributed by atoms with Crippen LogP contribution in [0.4, 0.5) is 30.6 Å². The summed E-state index contributed by atoms with van der Waals surface area (Å²) in [5, 5.41) is 7.18. The van der Waals surface area contributed by atoms with Crippen molar-refractivity contribution in [3.05, 3.63) is 39.7 Å². The van der Waals surface area contributed by atoms with E-state index < -0.39 is 18.4 Å². The number of aromatic nitrogens is 3. The molecule has 1 saturated heterocycles. The lowest BCUT2D eigenvalue weighted by molar-refractivity contribution is -0.126. The second-order valence-electron chi connectivity index (χ2n) is 9.51. The number of anilines is 3. The molecule has 2 fully saturated rings. The predicted octanol–water partition coefficient (Wildman–Crippen LogP) is 4.74. The molecule has 0 bridgehead atoms. The summed E-state index contributed by atoms with van der Waals surface area (Å²) >= 11 is 1.07. The number of nitrogens with one attached hydrogen (secondary N) is 3. The van der Waals surface area contributed by atoms with Crippen molar-refractivity contribution in [2.45, 2.75) is 37.9 Å². The van der Waals surface area contributed by atoms with Crippen molar-refractivity contribution in [3.8, 4) is 0 Å². The Bertz CT molecular complexity index is 1470. The van der Waals surface area contributed by atoms with Gasteiger partial charge in [-0.05, 0) is 43.5 Å². The first-order chi connectivity index (χ1) is 16.7. The molecular formula is C23H23F3N6O2S. The van der Waals surface area contributed by atoms with Crippen molar-refractivity contribution in [2.75, 3.05) is 35.7 Å². The van der Waals surface area contributed by atoms with Crippen LogP contribution in [0.1, 0.15) is 24.1 Å². The van der Waals surface area contributed by atoms with Gasteiger partial charge in [-0.15, -0.1) is 11.3 Å². The van der Waals surface area contributed by atoms with Crippen LogP contribution >= 0.6 is 11.3 Å². The summed E-state index contributed by atoms with van der Waals surface area (Å²) in [6.45, 7) is 1.61. The molecule has 4 heterocycles. The number of halogens is 3. The summed E-state index contributed by atoms with van der Waals surface area (Å²) in [4.78, 5) is 26.0. The molecule has 1 unspecified atom stereocenters. The maximum atomic E-state index is 12.9. The molecular weight excluding hydrogens is 481 g/mol. The van der Waals surface area contributed by atoms with Crippen molar-refractivity contribution in [1.29, 1.82) is 0 Å². The Morgan fingerprint density at radius 1 is 1.29 bits per heavy atom. The molecule has 1 atom stereocenters. The Balaban J connectivity index is 1.17. The molecule has 184 valence electrons. The van der Waals surface area contributed by atoms with E-state index in [0.717, 1.165) is 49.4 Å².